The Morgan fingerprint density at radius 3 is 2.60 bits per heavy atom. The average Bonchev–Trinajstić information content (AvgIpc) is 3.01. The van der Waals surface area contributed by atoms with E-state index in [2.05, 4.69) is 15.8 Å². The molecule has 25 heavy (non-hydrogen) atoms. The van der Waals surface area contributed by atoms with Crippen LogP contribution in [0.5, 0.6) is 0 Å². The second-order valence-corrected chi connectivity index (χ2v) is 5.61. The van der Waals surface area contributed by atoms with Crippen LogP contribution in [-0.4, -0.2) is 15.8 Å². The maximum absolute atomic E-state index is 11.8. The standard InChI is InChI=1S/C18H18N4O3/c1-13-10-16(21-25-13)20-18(24)19-11-14-5-7-15(8-6-14)12-22-9-3-2-4-17(22)23/h2-10H,11-12H2,1H3,(H2,19,20,21,24). The van der Waals surface area contributed by atoms with Gasteiger partial charge >= 0.3 is 6.03 Å². The number of nitrogens with one attached hydrogen (secondary N) is 2. The van der Waals surface area contributed by atoms with E-state index in [1.165, 1.54) is 6.07 Å². The minimum atomic E-state index is -0.354. The first-order valence-electron chi connectivity index (χ1n) is 7.81. The first-order chi connectivity index (χ1) is 12.1. The Hall–Kier alpha value is -3.35. The van der Waals surface area contributed by atoms with Gasteiger partial charge in [0.15, 0.2) is 5.82 Å². The fraction of sp³-hybridized carbons (Fsp3) is 0.167. The minimum Gasteiger partial charge on any atom is -0.360 e. The van der Waals surface area contributed by atoms with Crippen LogP contribution in [0.1, 0.15) is 16.9 Å². The Balaban J connectivity index is 1.53. The van der Waals surface area contributed by atoms with Gasteiger partial charge in [0.1, 0.15) is 5.76 Å². The Morgan fingerprint density at radius 2 is 1.92 bits per heavy atom. The van der Waals surface area contributed by atoms with Crippen LogP contribution in [-0.2, 0) is 13.1 Å². The van der Waals surface area contributed by atoms with Crippen LogP contribution in [0.3, 0.4) is 0 Å². The highest BCUT2D eigenvalue weighted by Gasteiger charge is 2.05. The van der Waals surface area contributed by atoms with Crippen LogP contribution < -0.4 is 16.2 Å². The van der Waals surface area contributed by atoms with Gasteiger partial charge in [-0.15, -0.1) is 0 Å². The number of nitrogens with zero attached hydrogens (tertiary/aromatic N) is 2. The summed E-state index contributed by atoms with van der Waals surface area (Å²) >= 11 is 0. The number of carbonyl (C=O) groups excluding carboxylic acids is 1. The predicted octanol–water partition coefficient (Wildman–Crippen LogP) is 2.51. The van der Waals surface area contributed by atoms with E-state index in [9.17, 15) is 9.59 Å². The van der Waals surface area contributed by atoms with E-state index in [4.69, 9.17) is 4.52 Å². The third-order valence-corrected chi connectivity index (χ3v) is 3.60. The van der Waals surface area contributed by atoms with Crippen molar-refractivity contribution in [2.75, 3.05) is 5.32 Å². The zero-order valence-electron chi connectivity index (χ0n) is 13.7. The van der Waals surface area contributed by atoms with E-state index in [1.54, 1.807) is 29.8 Å². The first kappa shape index (κ1) is 16.5. The van der Waals surface area contributed by atoms with Gasteiger partial charge in [0, 0.05) is 24.9 Å². The molecule has 0 atom stereocenters. The van der Waals surface area contributed by atoms with Gasteiger partial charge in [0.2, 0.25) is 0 Å². The molecule has 7 heteroatoms. The number of amides is 2. The number of hydrogen-bond donors (Lipinski definition) is 2. The molecular formula is C18H18N4O3. The SMILES string of the molecule is Cc1cc(NC(=O)NCc2ccc(Cn3ccccc3=O)cc2)no1. The highest BCUT2D eigenvalue weighted by Crippen LogP contribution is 2.08. The Morgan fingerprint density at radius 1 is 1.16 bits per heavy atom. The van der Waals surface area contributed by atoms with Crippen LogP contribution in [0.15, 0.2) is 64.0 Å². The molecule has 2 aromatic heterocycles. The molecule has 0 saturated carbocycles. The minimum absolute atomic E-state index is 0.0343. The smallest absolute Gasteiger partial charge is 0.320 e. The summed E-state index contributed by atoms with van der Waals surface area (Å²) in [6.07, 6.45) is 1.76. The molecule has 7 nitrogen and oxygen atoms in total. The molecule has 2 heterocycles. The summed E-state index contributed by atoms with van der Waals surface area (Å²) < 4.78 is 6.52. The van der Waals surface area contributed by atoms with E-state index < -0.39 is 0 Å². The van der Waals surface area contributed by atoms with Crippen molar-refractivity contribution in [2.24, 2.45) is 0 Å². The van der Waals surface area contributed by atoms with Crippen LogP contribution >= 0.6 is 0 Å². The van der Waals surface area contributed by atoms with Crippen LogP contribution in [0.25, 0.3) is 0 Å². The summed E-state index contributed by atoms with van der Waals surface area (Å²) in [6.45, 7) is 2.65. The topological polar surface area (TPSA) is 89.2 Å². The number of aryl methyl sites for hydroxylation is 1. The van der Waals surface area contributed by atoms with Crippen molar-refractivity contribution >= 4 is 11.8 Å². The molecule has 128 valence electrons. The second-order valence-electron chi connectivity index (χ2n) is 5.61. The molecule has 1 aromatic carbocycles. The quantitative estimate of drug-likeness (QED) is 0.748. The molecule has 0 aliphatic rings. The van der Waals surface area contributed by atoms with Gasteiger partial charge in [-0.2, -0.15) is 0 Å². The lowest BCUT2D eigenvalue weighted by Gasteiger charge is -2.08. The lowest BCUT2D eigenvalue weighted by atomic mass is 10.1. The van der Waals surface area contributed by atoms with Crippen molar-refractivity contribution in [1.29, 1.82) is 0 Å². The molecule has 0 unspecified atom stereocenters. The third-order valence-electron chi connectivity index (χ3n) is 3.60. The number of benzene rings is 1. The Labute approximate surface area is 144 Å². The number of hydrogen-bond acceptors (Lipinski definition) is 4. The molecule has 0 aliphatic heterocycles. The molecule has 0 fully saturated rings. The summed E-state index contributed by atoms with van der Waals surface area (Å²) in [6, 6.07) is 14.1. The summed E-state index contributed by atoms with van der Waals surface area (Å²) in [5.41, 5.74) is 1.93. The van der Waals surface area contributed by atoms with Gasteiger partial charge in [0.05, 0.1) is 6.54 Å². The maximum atomic E-state index is 11.8. The summed E-state index contributed by atoms with van der Waals surface area (Å²) in [5.74, 6) is 1.00. The Bertz CT molecular complexity index is 912. The number of aromatic nitrogens is 2. The van der Waals surface area contributed by atoms with Crippen molar-refractivity contribution in [1.82, 2.24) is 15.0 Å². The predicted molar refractivity (Wildman–Crippen MR) is 93.3 cm³/mol. The molecular weight excluding hydrogens is 320 g/mol. The number of anilines is 1. The van der Waals surface area contributed by atoms with Crippen molar-refractivity contribution in [3.63, 3.8) is 0 Å². The molecule has 0 radical (unpaired) electrons. The van der Waals surface area contributed by atoms with Gasteiger partial charge < -0.3 is 14.4 Å². The fourth-order valence-corrected chi connectivity index (χ4v) is 2.32. The van der Waals surface area contributed by atoms with Crippen LogP contribution in [0.2, 0.25) is 0 Å². The van der Waals surface area contributed by atoms with Gasteiger partial charge in [0.25, 0.3) is 5.56 Å². The molecule has 2 amide bonds. The Kier molecular flexibility index (Phi) is 4.94. The molecule has 0 saturated heterocycles. The van der Waals surface area contributed by atoms with E-state index in [1.807, 2.05) is 30.3 Å². The third kappa shape index (κ3) is 4.57. The lowest BCUT2D eigenvalue weighted by molar-refractivity contribution is 0.251. The highest BCUT2D eigenvalue weighted by molar-refractivity contribution is 5.88. The maximum Gasteiger partial charge on any atom is 0.320 e. The summed E-state index contributed by atoms with van der Waals surface area (Å²) in [7, 11) is 0. The monoisotopic (exact) mass is 338 g/mol. The number of urea groups is 1. The average molecular weight is 338 g/mol. The van der Waals surface area contributed by atoms with Crippen LogP contribution in [0.4, 0.5) is 10.6 Å². The molecule has 3 rings (SSSR count). The normalized spacial score (nSPS) is 10.4. The van der Waals surface area contributed by atoms with Crippen molar-refractivity contribution < 1.29 is 9.32 Å². The van der Waals surface area contributed by atoms with Gasteiger partial charge in [-0.05, 0) is 24.1 Å². The van der Waals surface area contributed by atoms with Gasteiger partial charge in [-0.25, -0.2) is 4.79 Å². The molecule has 3 aromatic rings. The van der Waals surface area contributed by atoms with E-state index >= 15 is 0 Å². The highest BCUT2D eigenvalue weighted by atomic mass is 16.5. The van der Waals surface area contributed by atoms with Crippen LogP contribution in [0, 0.1) is 6.92 Å². The zero-order valence-corrected chi connectivity index (χ0v) is 13.7. The van der Waals surface area contributed by atoms with Crippen molar-refractivity contribution in [3.8, 4) is 0 Å². The molecule has 0 spiro atoms. The zero-order chi connectivity index (χ0) is 17.6. The largest absolute Gasteiger partial charge is 0.360 e. The first-order valence-corrected chi connectivity index (χ1v) is 7.81. The van der Waals surface area contributed by atoms with E-state index in [-0.39, 0.29) is 11.6 Å². The van der Waals surface area contributed by atoms with Crippen molar-refractivity contribution in [3.05, 3.63) is 82.0 Å². The molecule has 2 N–H and O–H groups in total. The lowest BCUT2D eigenvalue weighted by Crippen LogP contribution is -2.28. The number of rotatable bonds is 5. The fourth-order valence-electron chi connectivity index (χ4n) is 2.32. The number of carbonyl (C=O) groups is 1. The van der Waals surface area contributed by atoms with Crippen molar-refractivity contribution in [2.45, 2.75) is 20.0 Å². The van der Waals surface area contributed by atoms with E-state index in [0.717, 1.165) is 11.1 Å². The summed E-state index contributed by atoms with van der Waals surface area (Å²) in [4.78, 5) is 23.5. The molecule has 0 bridgehead atoms. The van der Waals surface area contributed by atoms with E-state index in [0.29, 0.717) is 24.7 Å². The molecule has 0 aliphatic carbocycles. The summed E-state index contributed by atoms with van der Waals surface area (Å²) in [5, 5.41) is 9.03. The number of pyridine rings is 1. The van der Waals surface area contributed by atoms with Gasteiger partial charge in [-0.1, -0.05) is 35.5 Å². The van der Waals surface area contributed by atoms with Gasteiger partial charge in [-0.3, -0.25) is 10.1 Å². The second kappa shape index (κ2) is 7.48.